The maximum atomic E-state index is 13.9. The monoisotopic (exact) mass is 507 g/mol. The number of carbonyl (C=O) groups is 3. The minimum Gasteiger partial charge on any atom is -0.491 e. The maximum Gasteiger partial charge on any atom is 0.408 e. The molecule has 2 aliphatic rings. The van der Waals surface area contributed by atoms with Crippen LogP contribution in [-0.4, -0.2) is 94.8 Å². The second kappa shape index (κ2) is 11.5. The minimum atomic E-state index is -1.10. The third kappa shape index (κ3) is 5.77. The lowest BCUT2D eigenvalue weighted by atomic mass is 9.81. The summed E-state index contributed by atoms with van der Waals surface area (Å²) in [4.78, 5) is 43.2. The van der Waals surface area contributed by atoms with Crippen molar-refractivity contribution in [3.05, 3.63) is 71.3 Å². The van der Waals surface area contributed by atoms with Gasteiger partial charge in [-0.15, -0.1) is 0 Å². The number of aliphatic hydroxyl groups is 1. The number of aliphatic hydroxyl groups excluding tert-OH is 1. The fraction of sp³-hybridized carbons (Fsp3) is 0.393. The lowest BCUT2D eigenvalue weighted by Gasteiger charge is -2.50. The number of hydrogen-bond acceptors (Lipinski definition) is 5. The number of hydrogen-bond donors (Lipinski definition) is 2. The molecule has 37 heavy (non-hydrogen) atoms. The number of amides is 3. The third-order valence-corrected chi connectivity index (χ3v) is 7.04. The molecule has 1 saturated heterocycles. The number of likely N-dealkylation sites (N-methyl/N-ethyl adjacent to an activating group) is 1. The molecule has 0 saturated carbocycles. The SMILES string of the molecule is CC(=O)N1C[C@H]2CC(c3ccc(OCCO)cc3)=C(C(=O)N(C)CCc3ccccc3)[C@@H](C1)N2C(=O)O. The number of carbonyl (C=O) groups excluding carboxylic acids is 2. The Labute approximate surface area is 216 Å². The number of fused-ring (bicyclic) bond motifs is 2. The van der Waals surface area contributed by atoms with Crippen LogP contribution in [0.1, 0.15) is 24.5 Å². The highest BCUT2D eigenvalue weighted by molar-refractivity contribution is 6.04. The summed E-state index contributed by atoms with van der Waals surface area (Å²) in [5, 5.41) is 19.1. The largest absolute Gasteiger partial charge is 0.491 e. The van der Waals surface area contributed by atoms with Gasteiger partial charge in [0.05, 0.1) is 18.7 Å². The molecule has 0 unspecified atom stereocenters. The van der Waals surface area contributed by atoms with Gasteiger partial charge in [0.2, 0.25) is 5.91 Å². The highest BCUT2D eigenvalue weighted by Crippen LogP contribution is 2.39. The van der Waals surface area contributed by atoms with Gasteiger partial charge in [0.1, 0.15) is 12.4 Å². The first-order chi connectivity index (χ1) is 17.8. The Balaban J connectivity index is 1.72. The summed E-state index contributed by atoms with van der Waals surface area (Å²) in [5.41, 5.74) is 3.11. The molecule has 9 heteroatoms. The zero-order valence-corrected chi connectivity index (χ0v) is 21.2. The topological polar surface area (TPSA) is 111 Å². The lowest BCUT2D eigenvalue weighted by molar-refractivity contribution is -0.134. The summed E-state index contributed by atoms with van der Waals surface area (Å²) in [7, 11) is 1.73. The molecule has 2 N–H and O–H groups in total. The van der Waals surface area contributed by atoms with Gasteiger partial charge in [0, 0.05) is 39.2 Å². The summed E-state index contributed by atoms with van der Waals surface area (Å²) in [5.74, 6) is 0.210. The molecule has 3 amide bonds. The van der Waals surface area contributed by atoms with E-state index >= 15 is 0 Å². The summed E-state index contributed by atoms with van der Waals surface area (Å²) in [6, 6.07) is 15.9. The van der Waals surface area contributed by atoms with Crippen LogP contribution in [0, 0.1) is 0 Å². The molecular formula is C28H33N3O6. The van der Waals surface area contributed by atoms with Crippen LogP contribution in [0.2, 0.25) is 0 Å². The van der Waals surface area contributed by atoms with E-state index in [0.717, 1.165) is 16.7 Å². The van der Waals surface area contributed by atoms with E-state index in [9.17, 15) is 19.5 Å². The molecule has 2 aliphatic heterocycles. The molecule has 2 aromatic carbocycles. The van der Waals surface area contributed by atoms with Gasteiger partial charge in [-0.05, 0) is 41.7 Å². The smallest absolute Gasteiger partial charge is 0.408 e. The van der Waals surface area contributed by atoms with Crippen molar-refractivity contribution in [1.29, 1.82) is 0 Å². The van der Waals surface area contributed by atoms with Crippen molar-refractivity contribution in [1.82, 2.24) is 14.7 Å². The molecule has 0 aliphatic carbocycles. The van der Waals surface area contributed by atoms with Crippen LogP contribution in [0.4, 0.5) is 4.79 Å². The Morgan fingerprint density at radius 1 is 1.05 bits per heavy atom. The van der Waals surface area contributed by atoms with Crippen LogP contribution < -0.4 is 4.74 Å². The second-order valence-electron chi connectivity index (χ2n) is 9.44. The Hall–Kier alpha value is -3.85. The highest BCUT2D eigenvalue weighted by Gasteiger charge is 2.47. The molecule has 196 valence electrons. The molecular weight excluding hydrogens is 474 g/mol. The van der Waals surface area contributed by atoms with E-state index in [2.05, 4.69) is 0 Å². The number of piperazine rings is 1. The molecule has 4 rings (SSSR count). The number of benzene rings is 2. The van der Waals surface area contributed by atoms with Crippen molar-refractivity contribution in [3.63, 3.8) is 0 Å². The van der Waals surface area contributed by atoms with Crippen LogP contribution >= 0.6 is 0 Å². The molecule has 0 spiro atoms. The Kier molecular flexibility index (Phi) is 8.13. The van der Waals surface area contributed by atoms with Gasteiger partial charge in [0.15, 0.2) is 0 Å². The van der Waals surface area contributed by atoms with Crippen molar-refractivity contribution in [2.45, 2.75) is 31.8 Å². The van der Waals surface area contributed by atoms with Gasteiger partial charge in [-0.2, -0.15) is 0 Å². The molecule has 0 radical (unpaired) electrons. The standard InChI is InChI=1S/C28H33N3O6/c1-19(33)30-17-22-16-24(21-8-10-23(11-9-21)37-15-14-32)26(25(18-30)31(22)28(35)36)27(34)29(2)13-12-20-6-4-3-5-7-20/h3-11,22,25,32H,12-18H2,1-2H3,(H,35,36)/t22-,25-/m1/s1. The predicted octanol–water partition coefficient (Wildman–Crippen LogP) is 2.50. The summed E-state index contributed by atoms with van der Waals surface area (Å²) in [6.45, 7) is 2.43. The molecule has 2 aromatic rings. The molecule has 2 bridgehead atoms. The quantitative estimate of drug-likeness (QED) is 0.568. The van der Waals surface area contributed by atoms with E-state index in [0.29, 0.717) is 30.7 Å². The molecule has 9 nitrogen and oxygen atoms in total. The van der Waals surface area contributed by atoms with Gasteiger partial charge in [-0.25, -0.2) is 4.79 Å². The Bertz CT molecular complexity index is 1160. The van der Waals surface area contributed by atoms with Gasteiger partial charge in [0.25, 0.3) is 5.91 Å². The van der Waals surface area contributed by atoms with Gasteiger partial charge in [-0.1, -0.05) is 42.5 Å². The van der Waals surface area contributed by atoms with E-state index in [4.69, 9.17) is 9.84 Å². The number of rotatable bonds is 8. The molecule has 0 aromatic heterocycles. The van der Waals surface area contributed by atoms with Crippen molar-refractivity contribution >= 4 is 23.5 Å². The highest BCUT2D eigenvalue weighted by atomic mass is 16.5. The fourth-order valence-corrected chi connectivity index (χ4v) is 5.16. The van der Waals surface area contributed by atoms with Crippen LogP contribution in [0.5, 0.6) is 5.75 Å². The van der Waals surface area contributed by atoms with Crippen LogP contribution in [-0.2, 0) is 16.0 Å². The Morgan fingerprint density at radius 2 is 1.76 bits per heavy atom. The minimum absolute atomic E-state index is 0.0953. The van der Waals surface area contributed by atoms with Crippen LogP contribution in [0.25, 0.3) is 5.57 Å². The first kappa shape index (κ1) is 26.2. The number of nitrogens with zero attached hydrogens (tertiary/aromatic N) is 3. The fourth-order valence-electron chi connectivity index (χ4n) is 5.16. The van der Waals surface area contributed by atoms with E-state index in [1.165, 1.54) is 11.8 Å². The van der Waals surface area contributed by atoms with Crippen molar-refractivity contribution in [3.8, 4) is 5.75 Å². The van der Waals surface area contributed by atoms with Crippen LogP contribution in [0.3, 0.4) is 0 Å². The van der Waals surface area contributed by atoms with Crippen molar-refractivity contribution < 1.29 is 29.3 Å². The van der Waals surface area contributed by atoms with Crippen molar-refractivity contribution in [2.24, 2.45) is 0 Å². The van der Waals surface area contributed by atoms with E-state index in [1.54, 1.807) is 29.0 Å². The summed E-state index contributed by atoms with van der Waals surface area (Å²) < 4.78 is 5.48. The summed E-state index contributed by atoms with van der Waals surface area (Å²) in [6.07, 6.45) is -0.114. The normalized spacial score (nSPS) is 19.0. The average Bonchev–Trinajstić information content (AvgIpc) is 2.90. The second-order valence-corrected chi connectivity index (χ2v) is 9.44. The van der Waals surface area contributed by atoms with Gasteiger partial charge >= 0.3 is 6.09 Å². The predicted molar refractivity (Wildman–Crippen MR) is 138 cm³/mol. The number of ether oxygens (including phenoxy) is 1. The van der Waals surface area contributed by atoms with Gasteiger partial charge in [-0.3, -0.25) is 14.5 Å². The lowest BCUT2D eigenvalue weighted by Crippen LogP contribution is -2.64. The average molecular weight is 508 g/mol. The van der Waals surface area contributed by atoms with Crippen molar-refractivity contribution in [2.75, 3.05) is 39.9 Å². The first-order valence-corrected chi connectivity index (χ1v) is 12.4. The maximum absolute atomic E-state index is 13.9. The summed E-state index contributed by atoms with van der Waals surface area (Å²) >= 11 is 0. The van der Waals surface area contributed by atoms with E-state index in [-0.39, 0.29) is 38.1 Å². The number of carboxylic acid groups (broad SMARTS) is 1. The molecule has 2 heterocycles. The zero-order valence-electron chi connectivity index (χ0n) is 21.2. The first-order valence-electron chi connectivity index (χ1n) is 12.4. The van der Waals surface area contributed by atoms with Gasteiger partial charge < -0.3 is 24.7 Å². The van der Waals surface area contributed by atoms with E-state index in [1.807, 2.05) is 42.5 Å². The molecule has 2 atom stereocenters. The van der Waals surface area contributed by atoms with E-state index < -0.39 is 18.2 Å². The van der Waals surface area contributed by atoms with Crippen LogP contribution in [0.15, 0.2) is 60.2 Å². The zero-order chi connectivity index (χ0) is 26.5. The third-order valence-electron chi connectivity index (χ3n) is 7.04. The Morgan fingerprint density at radius 3 is 2.38 bits per heavy atom. The molecule has 1 fully saturated rings.